The largest absolute Gasteiger partial charge is 0.491 e. The number of ether oxygens (including phenoxy) is 1. The Kier molecular flexibility index (Phi) is 6.42. The molecule has 2 aromatic rings. The van der Waals surface area contributed by atoms with Crippen molar-refractivity contribution >= 4 is 5.97 Å². The molecule has 1 N–H and O–H groups in total. The van der Waals surface area contributed by atoms with E-state index in [-0.39, 0.29) is 6.10 Å². The van der Waals surface area contributed by atoms with Gasteiger partial charge in [0.15, 0.2) is 0 Å². The zero-order valence-corrected chi connectivity index (χ0v) is 15.9. The van der Waals surface area contributed by atoms with Gasteiger partial charge >= 0.3 is 5.97 Å². The monoisotopic (exact) mass is 369 g/mol. The lowest BCUT2D eigenvalue weighted by molar-refractivity contribution is -0.144. The van der Waals surface area contributed by atoms with Crippen molar-refractivity contribution in [1.29, 1.82) is 0 Å². The summed E-state index contributed by atoms with van der Waals surface area (Å²) in [6.07, 6.45) is 1.86. The number of hydrogen-bond acceptors (Lipinski definition) is 5. The SMILES string of the molecule is CC(C)Oc1cccc([C@H](C(=O)O)N2CCN(Cc3ccccn3)CC2)c1. The Morgan fingerprint density at radius 1 is 1.15 bits per heavy atom. The van der Waals surface area contributed by atoms with Gasteiger partial charge in [0, 0.05) is 38.9 Å². The third-order valence-electron chi connectivity index (χ3n) is 4.66. The first-order valence-corrected chi connectivity index (χ1v) is 9.38. The Labute approximate surface area is 160 Å². The maximum Gasteiger partial charge on any atom is 0.325 e. The fraction of sp³-hybridized carbons (Fsp3) is 0.429. The second-order valence-corrected chi connectivity index (χ2v) is 7.11. The normalized spacial score (nSPS) is 17.0. The van der Waals surface area contributed by atoms with Crippen LogP contribution in [-0.4, -0.2) is 58.1 Å². The van der Waals surface area contributed by atoms with Crippen molar-refractivity contribution in [2.24, 2.45) is 0 Å². The Balaban J connectivity index is 1.66. The Morgan fingerprint density at radius 2 is 1.93 bits per heavy atom. The van der Waals surface area contributed by atoms with E-state index in [1.165, 1.54) is 0 Å². The molecular formula is C21H27N3O3. The number of pyridine rings is 1. The van der Waals surface area contributed by atoms with Gasteiger partial charge in [0.25, 0.3) is 0 Å². The summed E-state index contributed by atoms with van der Waals surface area (Å²) in [4.78, 5) is 20.7. The highest BCUT2D eigenvalue weighted by atomic mass is 16.5. The second kappa shape index (κ2) is 8.97. The number of aliphatic carboxylic acids is 1. The van der Waals surface area contributed by atoms with Crippen LogP contribution >= 0.6 is 0 Å². The van der Waals surface area contributed by atoms with Gasteiger partial charge in [0.05, 0.1) is 11.8 Å². The predicted octanol–water partition coefficient (Wildman–Crippen LogP) is 2.81. The van der Waals surface area contributed by atoms with E-state index in [1.54, 1.807) is 6.20 Å². The van der Waals surface area contributed by atoms with E-state index in [4.69, 9.17) is 4.74 Å². The van der Waals surface area contributed by atoms with Crippen LogP contribution in [0.1, 0.15) is 31.1 Å². The molecule has 1 aliphatic rings. The summed E-state index contributed by atoms with van der Waals surface area (Å²) in [7, 11) is 0. The number of piperazine rings is 1. The first kappa shape index (κ1) is 19.3. The van der Waals surface area contributed by atoms with E-state index in [0.29, 0.717) is 18.8 Å². The number of carboxylic acids is 1. The third-order valence-corrected chi connectivity index (χ3v) is 4.66. The summed E-state index contributed by atoms with van der Waals surface area (Å²) in [5.74, 6) is -0.114. The molecule has 27 heavy (non-hydrogen) atoms. The molecule has 0 aliphatic carbocycles. The maximum atomic E-state index is 12.0. The molecule has 3 rings (SSSR count). The van der Waals surface area contributed by atoms with E-state index in [2.05, 4.69) is 9.88 Å². The summed E-state index contributed by atoms with van der Waals surface area (Å²) in [6, 6.07) is 12.7. The molecular weight excluding hydrogens is 342 g/mol. The van der Waals surface area contributed by atoms with Gasteiger partial charge in [-0.15, -0.1) is 0 Å². The Morgan fingerprint density at radius 3 is 2.56 bits per heavy atom. The quantitative estimate of drug-likeness (QED) is 0.810. The van der Waals surface area contributed by atoms with Crippen molar-refractivity contribution in [3.05, 3.63) is 59.9 Å². The van der Waals surface area contributed by atoms with Gasteiger partial charge in [-0.3, -0.25) is 19.6 Å². The van der Waals surface area contributed by atoms with E-state index in [0.717, 1.165) is 30.9 Å². The second-order valence-electron chi connectivity index (χ2n) is 7.11. The number of carbonyl (C=O) groups is 1. The average Bonchev–Trinajstić information content (AvgIpc) is 2.64. The molecule has 0 unspecified atom stereocenters. The van der Waals surface area contributed by atoms with Crippen LogP contribution in [0.5, 0.6) is 5.75 Å². The average molecular weight is 369 g/mol. The fourth-order valence-corrected chi connectivity index (χ4v) is 3.44. The zero-order chi connectivity index (χ0) is 19.2. The molecule has 0 saturated carbocycles. The lowest BCUT2D eigenvalue weighted by Gasteiger charge is -2.37. The zero-order valence-electron chi connectivity index (χ0n) is 15.9. The van der Waals surface area contributed by atoms with E-state index >= 15 is 0 Å². The van der Waals surface area contributed by atoms with E-state index in [1.807, 2.05) is 61.2 Å². The molecule has 6 nitrogen and oxygen atoms in total. The standard InChI is InChI=1S/C21H27N3O3/c1-16(2)27-19-8-5-6-17(14-19)20(21(25)26)24-12-10-23(11-13-24)15-18-7-3-4-9-22-18/h3-9,14,16,20H,10-13,15H2,1-2H3,(H,25,26)/t20-/m1/s1. The van der Waals surface area contributed by atoms with Crippen LogP contribution in [0.15, 0.2) is 48.7 Å². The molecule has 0 bridgehead atoms. The predicted molar refractivity (Wildman–Crippen MR) is 104 cm³/mol. The van der Waals surface area contributed by atoms with Gasteiger partial charge in [-0.2, -0.15) is 0 Å². The summed E-state index contributed by atoms with van der Waals surface area (Å²) in [5, 5.41) is 9.85. The van der Waals surface area contributed by atoms with Crippen LogP contribution in [0.2, 0.25) is 0 Å². The molecule has 0 spiro atoms. The number of rotatable bonds is 7. The van der Waals surface area contributed by atoms with Crippen LogP contribution < -0.4 is 4.74 Å². The van der Waals surface area contributed by atoms with Gasteiger partial charge in [-0.1, -0.05) is 18.2 Å². The van der Waals surface area contributed by atoms with E-state index < -0.39 is 12.0 Å². The fourth-order valence-electron chi connectivity index (χ4n) is 3.44. The highest BCUT2D eigenvalue weighted by molar-refractivity contribution is 5.75. The lowest BCUT2D eigenvalue weighted by Crippen LogP contribution is -2.48. The Hall–Kier alpha value is -2.44. The van der Waals surface area contributed by atoms with Crippen LogP contribution in [0.3, 0.4) is 0 Å². The van der Waals surface area contributed by atoms with Crippen molar-refractivity contribution < 1.29 is 14.6 Å². The highest BCUT2D eigenvalue weighted by Gasteiger charge is 2.30. The van der Waals surface area contributed by atoms with Gasteiger partial charge in [-0.05, 0) is 43.7 Å². The van der Waals surface area contributed by atoms with E-state index in [9.17, 15) is 9.90 Å². The minimum absolute atomic E-state index is 0.0543. The number of nitrogens with zero attached hydrogens (tertiary/aromatic N) is 3. The van der Waals surface area contributed by atoms with Crippen LogP contribution in [0, 0.1) is 0 Å². The van der Waals surface area contributed by atoms with Crippen molar-refractivity contribution in [2.75, 3.05) is 26.2 Å². The molecule has 1 atom stereocenters. The number of carboxylic acid groups (broad SMARTS) is 1. The van der Waals surface area contributed by atoms with Gasteiger partial charge in [0.1, 0.15) is 11.8 Å². The summed E-state index contributed by atoms with van der Waals surface area (Å²) in [5.41, 5.74) is 1.80. The molecule has 144 valence electrons. The topological polar surface area (TPSA) is 65.9 Å². The van der Waals surface area contributed by atoms with Crippen LogP contribution in [0.25, 0.3) is 0 Å². The first-order chi connectivity index (χ1) is 13.0. The van der Waals surface area contributed by atoms with Crippen molar-refractivity contribution in [3.8, 4) is 5.75 Å². The third kappa shape index (κ3) is 5.28. The summed E-state index contributed by atoms with van der Waals surface area (Å²) in [6.45, 7) is 7.78. The van der Waals surface area contributed by atoms with Crippen molar-refractivity contribution in [3.63, 3.8) is 0 Å². The first-order valence-electron chi connectivity index (χ1n) is 9.38. The molecule has 1 fully saturated rings. The number of aromatic nitrogens is 1. The van der Waals surface area contributed by atoms with Crippen LogP contribution in [-0.2, 0) is 11.3 Å². The molecule has 0 radical (unpaired) electrons. The molecule has 6 heteroatoms. The highest BCUT2D eigenvalue weighted by Crippen LogP contribution is 2.26. The molecule has 1 saturated heterocycles. The van der Waals surface area contributed by atoms with Gasteiger partial charge in [0.2, 0.25) is 0 Å². The number of benzene rings is 1. The smallest absolute Gasteiger partial charge is 0.325 e. The Bertz CT molecular complexity index is 743. The van der Waals surface area contributed by atoms with Crippen molar-refractivity contribution in [2.45, 2.75) is 32.5 Å². The minimum Gasteiger partial charge on any atom is -0.491 e. The molecule has 1 aromatic carbocycles. The van der Waals surface area contributed by atoms with Crippen LogP contribution in [0.4, 0.5) is 0 Å². The van der Waals surface area contributed by atoms with Gasteiger partial charge in [-0.25, -0.2) is 0 Å². The minimum atomic E-state index is -0.824. The molecule has 0 amide bonds. The molecule has 1 aliphatic heterocycles. The molecule has 1 aromatic heterocycles. The summed E-state index contributed by atoms with van der Waals surface area (Å²) < 4.78 is 5.73. The lowest BCUT2D eigenvalue weighted by atomic mass is 10.0. The maximum absolute atomic E-state index is 12.0. The van der Waals surface area contributed by atoms with Gasteiger partial charge < -0.3 is 9.84 Å². The summed E-state index contributed by atoms with van der Waals surface area (Å²) >= 11 is 0. The number of hydrogen-bond donors (Lipinski definition) is 1. The van der Waals surface area contributed by atoms with Crippen molar-refractivity contribution in [1.82, 2.24) is 14.8 Å². The molecule has 2 heterocycles.